The summed E-state index contributed by atoms with van der Waals surface area (Å²) in [5, 5.41) is 49.5. The Morgan fingerprint density at radius 1 is 0.913 bits per heavy atom. The van der Waals surface area contributed by atoms with Crippen molar-refractivity contribution in [2.24, 2.45) is 0 Å². The SMILES string of the molecule is CO[C@H]1OC(CO)[C@@H](O)[C@H](O[C@@H]2O[C@@H](CSC)C(O)[C@H]2O)C1O. The second kappa shape index (κ2) is 8.39. The molecule has 2 aliphatic heterocycles. The third-order valence-corrected chi connectivity index (χ3v) is 4.66. The second-order valence-electron chi connectivity index (χ2n) is 5.52. The zero-order valence-electron chi connectivity index (χ0n) is 12.9. The van der Waals surface area contributed by atoms with Crippen LogP contribution in [0.15, 0.2) is 0 Å². The smallest absolute Gasteiger partial charge is 0.187 e. The number of aliphatic hydroxyl groups is 5. The summed E-state index contributed by atoms with van der Waals surface area (Å²) in [5.74, 6) is 0.455. The van der Waals surface area contributed by atoms with Crippen molar-refractivity contribution in [1.82, 2.24) is 0 Å². The van der Waals surface area contributed by atoms with Gasteiger partial charge in [-0.1, -0.05) is 0 Å². The third kappa shape index (κ3) is 3.98. The van der Waals surface area contributed by atoms with Crippen LogP contribution < -0.4 is 0 Å². The van der Waals surface area contributed by atoms with Gasteiger partial charge in [-0.15, -0.1) is 0 Å². The summed E-state index contributed by atoms with van der Waals surface area (Å²) < 4.78 is 21.1. The Bertz CT molecular complexity index is 357. The Kier molecular flexibility index (Phi) is 7.04. The third-order valence-electron chi connectivity index (χ3n) is 3.99. The van der Waals surface area contributed by atoms with E-state index in [0.717, 1.165) is 0 Å². The number of ether oxygens (including phenoxy) is 4. The Labute approximate surface area is 138 Å². The van der Waals surface area contributed by atoms with Crippen molar-refractivity contribution in [2.45, 2.75) is 55.3 Å². The van der Waals surface area contributed by atoms with E-state index in [1.165, 1.54) is 18.9 Å². The molecule has 0 radical (unpaired) electrons. The summed E-state index contributed by atoms with van der Waals surface area (Å²) in [6.45, 7) is -0.501. The van der Waals surface area contributed by atoms with Gasteiger partial charge in [-0.25, -0.2) is 0 Å². The first-order chi connectivity index (χ1) is 10.9. The van der Waals surface area contributed by atoms with Crippen LogP contribution in [-0.2, 0) is 18.9 Å². The molecule has 3 unspecified atom stereocenters. The minimum absolute atomic E-state index is 0.455. The lowest BCUT2D eigenvalue weighted by molar-refractivity contribution is -0.325. The number of rotatable bonds is 6. The number of hydrogen-bond donors (Lipinski definition) is 5. The molecule has 0 spiro atoms. The highest BCUT2D eigenvalue weighted by atomic mass is 32.2. The van der Waals surface area contributed by atoms with E-state index in [9.17, 15) is 25.5 Å². The molecule has 2 rings (SSSR count). The highest BCUT2D eigenvalue weighted by Gasteiger charge is 2.50. The van der Waals surface area contributed by atoms with Crippen LogP contribution >= 0.6 is 11.8 Å². The first-order valence-electron chi connectivity index (χ1n) is 7.25. The molecule has 0 amide bonds. The summed E-state index contributed by atoms with van der Waals surface area (Å²) >= 11 is 1.44. The van der Waals surface area contributed by atoms with Gasteiger partial charge in [-0.05, 0) is 6.26 Å². The topological polar surface area (TPSA) is 138 Å². The summed E-state index contributed by atoms with van der Waals surface area (Å²) in [7, 11) is 1.30. The van der Waals surface area contributed by atoms with Crippen molar-refractivity contribution in [1.29, 1.82) is 0 Å². The van der Waals surface area contributed by atoms with Crippen molar-refractivity contribution in [3.8, 4) is 0 Å². The quantitative estimate of drug-likeness (QED) is 0.341. The molecular weight excluding hydrogens is 332 g/mol. The summed E-state index contributed by atoms with van der Waals surface area (Å²) in [6, 6.07) is 0. The number of aliphatic hydroxyl groups excluding tert-OH is 5. The van der Waals surface area contributed by atoms with Gasteiger partial charge in [-0.2, -0.15) is 11.8 Å². The molecule has 23 heavy (non-hydrogen) atoms. The molecule has 0 aromatic carbocycles. The van der Waals surface area contributed by atoms with E-state index in [1.807, 2.05) is 6.26 Å². The Hall–Kier alpha value is -0.0100. The molecule has 2 fully saturated rings. The lowest BCUT2D eigenvalue weighted by atomic mass is 9.99. The van der Waals surface area contributed by atoms with Crippen LogP contribution in [0, 0.1) is 0 Å². The van der Waals surface area contributed by atoms with Gasteiger partial charge in [0, 0.05) is 12.9 Å². The van der Waals surface area contributed by atoms with E-state index >= 15 is 0 Å². The lowest BCUT2D eigenvalue weighted by Crippen LogP contribution is -2.61. The normalized spacial score (nSPS) is 47.9. The van der Waals surface area contributed by atoms with Gasteiger partial charge in [0.15, 0.2) is 12.6 Å². The number of methoxy groups -OCH3 is 1. The Morgan fingerprint density at radius 2 is 1.57 bits per heavy atom. The maximum absolute atomic E-state index is 10.2. The predicted octanol–water partition coefficient (Wildman–Crippen LogP) is -2.73. The highest BCUT2D eigenvalue weighted by molar-refractivity contribution is 7.98. The molecule has 10 heteroatoms. The summed E-state index contributed by atoms with van der Waals surface area (Å²) in [6.07, 6.45) is -8.50. The van der Waals surface area contributed by atoms with Gasteiger partial charge in [0.05, 0.1) is 12.7 Å². The van der Waals surface area contributed by atoms with Gasteiger partial charge in [0.25, 0.3) is 0 Å². The fourth-order valence-electron chi connectivity index (χ4n) is 2.69. The minimum Gasteiger partial charge on any atom is -0.394 e. The Morgan fingerprint density at radius 3 is 2.13 bits per heavy atom. The molecule has 136 valence electrons. The van der Waals surface area contributed by atoms with Gasteiger partial charge in [0.1, 0.15) is 36.6 Å². The van der Waals surface area contributed by atoms with E-state index < -0.39 is 61.9 Å². The Balaban J connectivity index is 2.07. The van der Waals surface area contributed by atoms with E-state index in [4.69, 9.17) is 18.9 Å². The van der Waals surface area contributed by atoms with Crippen LogP contribution in [0.5, 0.6) is 0 Å². The predicted molar refractivity (Wildman–Crippen MR) is 78.7 cm³/mol. The van der Waals surface area contributed by atoms with Crippen LogP contribution in [0.25, 0.3) is 0 Å². The van der Waals surface area contributed by atoms with Crippen molar-refractivity contribution in [3.05, 3.63) is 0 Å². The summed E-state index contributed by atoms with van der Waals surface area (Å²) in [4.78, 5) is 0. The maximum atomic E-state index is 10.2. The molecule has 2 saturated heterocycles. The fourth-order valence-corrected chi connectivity index (χ4v) is 3.30. The van der Waals surface area contributed by atoms with Crippen LogP contribution in [0.2, 0.25) is 0 Å². The van der Waals surface area contributed by atoms with E-state index in [1.54, 1.807) is 0 Å². The molecule has 0 aliphatic carbocycles. The largest absolute Gasteiger partial charge is 0.394 e. The van der Waals surface area contributed by atoms with Gasteiger partial charge >= 0.3 is 0 Å². The van der Waals surface area contributed by atoms with Gasteiger partial charge in [-0.3, -0.25) is 0 Å². The summed E-state index contributed by atoms with van der Waals surface area (Å²) in [5.41, 5.74) is 0. The van der Waals surface area contributed by atoms with Gasteiger partial charge in [0.2, 0.25) is 0 Å². The van der Waals surface area contributed by atoms with Crippen LogP contribution in [0.1, 0.15) is 0 Å². The van der Waals surface area contributed by atoms with Crippen LogP contribution in [-0.4, -0.2) is 107 Å². The maximum Gasteiger partial charge on any atom is 0.187 e. The monoisotopic (exact) mass is 356 g/mol. The number of thioether (sulfide) groups is 1. The minimum atomic E-state index is -1.36. The molecule has 2 heterocycles. The van der Waals surface area contributed by atoms with Crippen LogP contribution in [0.4, 0.5) is 0 Å². The average Bonchev–Trinajstić information content (AvgIpc) is 2.80. The first kappa shape index (κ1) is 19.3. The molecule has 9 nitrogen and oxygen atoms in total. The molecule has 0 aromatic heterocycles. The van der Waals surface area contributed by atoms with E-state index in [2.05, 4.69) is 0 Å². The standard InChI is InChI=1S/C13H24O9S/c1-19-12-10(18)11(8(16)5(3-14)20-12)22-13-9(17)7(15)6(21-13)4-23-2/h5-18H,3-4H2,1-2H3/t5?,6-,7?,8+,9+,10?,11-,12-,13-/m0/s1. The van der Waals surface area contributed by atoms with Crippen molar-refractivity contribution >= 4 is 11.8 Å². The van der Waals surface area contributed by atoms with Crippen molar-refractivity contribution in [2.75, 3.05) is 25.7 Å². The average molecular weight is 356 g/mol. The molecule has 0 aromatic rings. The molecule has 9 atom stereocenters. The molecule has 2 aliphatic rings. The fraction of sp³-hybridized carbons (Fsp3) is 1.00. The molecular formula is C13H24O9S. The second-order valence-corrected chi connectivity index (χ2v) is 6.43. The molecule has 5 N–H and O–H groups in total. The molecule has 0 bridgehead atoms. The van der Waals surface area contributed by atoms with Crippen LogP contribution in [0.3, 0.4) is 0 Å². The lowest BCUT2D eigenvalue weighted by Gasteiger charge is -2.42. The zero-order chi connectivity index (χ0) is 17.1. The van der Waals surface area contributed by atoms with Crippen molar-refractivity contribution < 1.29 is 44.5 Å². The van der Waals surface area contributed by atoms with Gasteiger partial charge < -0.3 is 44.5 Å². The zero-order valence-corrected chi connectivity index (χ0v) is 13.7. The highest BCUT2D eigenvalue weighted by Crippen LogP contribution is 2.30. The number of hydrogen-bond acceptors (Lipinski definition) is 10. The van der Waals surface area contributed by atoms with Crippen molar-refractivity contribution in [3.63, 3.8) is 0 Å². The van der Waals surface area contributed by atoms with E-state index in [0.29, 0.717) is 5.75 Å². The van der Waals surface area contributed by atoms with E-state index in [-0.39, 0.29) is 0 Å². The first-order valence-corrected chi connectivity index (χ1v) is 8.65. The molecule has 0 saturated carbocycles.